The first-order valence-electron chi connectivity index (χ1n) is 5.83. The normalized spacial score (nSPS) is 10.0. The van der Waals surface area contributed by atoms with Crippen molar-refractivity contribution in [2.75, 3.05) is 71.9 Å². The molecule has 0 aliphatic heterocycles. The Morgan fingerprint density at radius 3 is 1.33 bits per heavy atom. The first-order valence-corrected chi connectivity index (χ1v) is 6.95. The minimum atomic E-state index is 0.0413. The molecule has 0 saturated heterocycles. The average Bonchev–Trinajstić information content (AvgIpc) is 2.39. The highest BCUT2D eigenvalue weighted by molar-refractivity contribution is 9.09. The van der Waals surface area contributed by atoms with Crippen LogP contribution in [0.5, 0.6) is 0 Å². The monoisotopic (exact) mass is 332 g/mol. The molecular formula is C11H25BrO6. The molecule has 0 amide bonds. The molecule has 0 fully saturated rings. The van der Waals surface area contributed by atoms with Crippen molar-refractivity contribution in [3.63, 3.8) is 0 Å². The maximum absolute atomic E-state index is 8.36. The largest absolute Gasteiger partial charge is 0.394 e. The molecular weight excluding hydrogens is 308 g/mol. The van der Waals surface area contributed by atoms with Crippen LogP contribution in [0.2, 0.25) is 0 Å². The summed E-state index contributed by atoms with van der Waals surface area (Å²) in [6.07, 6.45) is 0. The van der Waals surface area contributed by atoms with E-state index < -0.39 is 0 Å². The lowest BCUT2D eigenvalue weighted by Gasteiger charge is -2.04. The Morgan fingerprint density at radius 2 is 1.11 bits per heavy atom. The quantitative estimate of drug-likeness (QED) is 0.388. The molecule has 0 unspecified atom stereocenters. The van der Waals surface area contributed by atoms with Gasteiger partial charge in [0.15, 0.2) is 0 Å². The minimum absolute atomic E-state index is 0.0413. The second-order valence-electron chi connectivity index (χ2n) is 2.97. The molecule has 2 N–H and O–H groups in total. The van der Waals surface area contributed by atoms with Crippen LogP contribution in [0.1, 0.15) is 0 Å². The highest BCUT2D eigenvalue weighted by atomic mass is 79.9. The standard InChI is InChI=1S/C8H18O5.C3H7BrO/c9-1-3-11-5-7-13-8-6-12-4-2-10;1-5-3-2-4/h9-10H,1-8H2;2-3H2,1H3. The summed E-state index contributed by atoms with van der Waals surface area (Å²) in [7, 11) is 1.68. The van der Waals surface area contributed by atoms with Gasteiger partial charge in [0.25, 0.3) is 0 Å². The molecule has 0 spiro atoms. The van der Waals surface area contributed by atoms with Gasteiger partial charge in [-0.1, -0.05) is 15.9 Å². The van der Waals surface area contributed by atoms with Crippen LogP contribution < -0.4 is 0 Å². The second kappa shape index (κ2) is 22.4. The summed E-state index contributed by atoms with van der Waals surface area (Å²) in [5.41, 5.74) is 0. The third kappa shape index (κ3) is 25.2. The van der Waals surface area contributed by atoms with Gasteiger partial charge in [-0.05, 0) is 0 Å². The summed E-state index contributed by atoms with van der Waals surface area (Å²) in [6.45, 7) is 3.57. The number of aliphatic hydroxyl groups is 2. The Hall–Kier alpha value is 0.240. The molecule has 0 aromatic heterocycles. The van der Waals surface area contributed by atoms with E-state index in [9.17, 15) is 0 Å². The number of ether oxygens (including phenoxy) is 4. The van der Waals surface area contributed by atoms with Crippen LogP contribution in [0, 0.1) is 0 Å². The summed E-state index contributed by atoms with van der Waals surface area (Å²) in [5, 5.41) is 17.6. The topological polar surface area (TPSA) is 77.4 Å². The van der Waals surface area contributed by atoms with Crippen LogP contribution in [0.25, 0.3) is 0 Å². The van der Waals surface area contributed by atoms with Crippen LogP contribution in [-0.4, -0.2) is 82.1 Å². The van der Waals surface area contributed by atoms with Crippen LogP contribution in [-0.2, 0) is 18.9 Å². The van der Waals surface area contributed by atoms with E-state index in [-0.39, 0.29) is 13.2 Å². The van der Waals surface area contributed by atoms with Gasteiger partial charge < -0.3 is 29.2 Å². The zero-order valence-electron chi connectivity index (χ0n) is 11.0. The Morgan fingerprint density at radius 1 is 0.722 bits per heavy atom. The smallest absolute Gasteiger partial charge is 0.0701 e. The molecule has 0 heterocycles. The van der Waals surface area contributed by atoms with E-state index in [1.807, 2.05) is 0 Å². The molecule has 6 nitrogen and oxygen atoms in total. The highest BCUT2D eigenvalue weighted by Crippen LogP contribution is 1.80. The van der Waals surface area contributed by atoms with Crippen molar-refractivity contribution < 1.29 is 29.2 Å². The predicted octanol–water partition coefficient (Wildman–Crippen LogP) is 0.0485. The number of halogens is 1. The number of hydrogen-bond acceptors (Lipinski definition) is 6. The molecule has 0 aliphatic carbocycles. The summed E-state index contributed by atoms with van der Waals surface area (Å²) >= 11 is 3.18. The molecule has 0 atom stereocenters. The molecule has 0 bridgehead atoms. The van der Waals surface area contributed by atoms with Crippen molar-refractivity contribution in [3.8, 4) is 0 Å². The zero-order chi connectivity index (χ0) is 13.9. The van der Waals surface area contributed by atoms with Gasteiger partial charge in [-0.3, -0.25) is 0 Å². The molecule has 0 aliphatic rings. The fourth-order valence-electron chi connectivity index (χ4n) is 0.748. The fraction of sp³-hybridized carbons (Fsp3) is 1.00. The zero-order valence-corrected chi connectivity index (χ0v) is 12.6. The van der Waals surface area contributed by atoms with Crippen molar-refractivity contribution in [2.24, 2.45) is 0 Å². The van der Waals surface area contributed by atoms with Crippen LogP contribution in [0.3, 0.4) is 0 Å². The number of hydrogen-bond donors (Lipinski definition) is 2. The number of rotatable bonds is 12. The summed E-state index contributed by atoms with van der Waals surface area (Å²) in [4.78, 5) is 0. The van der Waals surface area contributed by atoms with E-state index in [4.69, 9.17) is 24.4 Å². The average molecular weight is 333 g/mol. The maximum atomic E-state index is 8.36. The summed E-state index contributed by atoms with van der Waals surface area (Å²) < 4.78 is 19.7. The molecule has 0 saturated carbocycles. The van der Waals surface area contributed by atoms with Crippen molar-refractivity contribution in [1.29, 1.82) is 0 Å². The molecule has 0 aromatic rings. The Balaban J connectivity index is 0. The lowest BCUT2D eigenvalue weighted by molar-refractivity contribution is 0.00230. The predicted molar refractivity (Wildman–Crippen MR) is 72.3 cm³/mol. The molecule has 7 heteroatoms. The van der Waals surface area contributed by atoms with E-state index in [2.05, 4.69) is 20.7 Å². The van der Waals surface area contributed by atoms with Gasteiger partial charge in [-0.15, -0.1) is 0 Å². The molecule has 112 valence electrons. The van der Waals surface area contributed by atoms with Crippen molar-refractivity contribution in [3.05, 3.63) is 0 Å². The Bertz CT molecular complexity index is 116. The van der Waals surface area contributed by atoms with Crippen molar-refractivity contribution in [1.82, 2.24) is 0 Å². The van der Waals surface area contributed by atoms with E-state index in [0.717, 1.165) is 11.9 Å². The van der Waals surface area contributed by atoms with Crippen molar-refractivity contribution >= 4 is 15.9 Å². The van der Waals surface area contributed by atoms with Crippen LogP contribution in [0.15, 0.2) is 0 Å². The second-order valence-corrected chi connectivity index (χ2v) is 3.76. The molecule has 0 radical (unpaired) electrons. The molecule has 0 aromatic carbocycles. The Labute approximate surface area is 117 Å². The van der Waals surface area contributed by atoms with Gasteiger partial charge >= 0.3 is 0 Å². The van der Waals surface area contributed by atoms with Crippen molar-refractivity contribution in [2.45, 2.75) is 0 Å². The SMILES string of the molecule is COCCBr.OCCOCCOCCOCCO. The third-order valence-corrected chi connectivity index (χ3v) is 1.82. The number of aliphatic hydroxyl groups excluding tert-OH is 2. The van der Waals surface area contributed by atoms with Gasteiger partial charge in [0, 0.05) is 12.4 Å². The fourth-order valence-corrected chi connectivity index (χ4v) is 1.07. The van der Waals surface area contributed by atoms with Gasteiger partial charge in [-0.25, -0.2) is 0 Å². The lowest BCUT2D eigenvalue weighted by atomic mass is 10.7. The Kier molecular flexibility index (Phi) is 25.6. The van der Waals surface area contributed by atoms with Crippen LogP contribution >= 0.6 is 15.9 Å². The third-order valence-electron chi connectivity index (χ3n) is 1.50. The highest BCUT2D eigenvalue weighted by Gasteiger charge is 1.89. The van der Waals surface area contributed by atoms with E-state index in [1.165, 1.54) is 0 Å². The number of methoxy groups -OCH3 is 1. The van der Waals surface area contributed by atoms with E-state index in [0.29, 0.717) is 39.6 Å². The van der Waals surface area contributed by atoms with E-state index in [1.54, 1.807) is 7.11 Å². The molecule has 0 rings (SSSR count). The minimum Gasteiger partial charge on any atom is -0.394 e. The van der Waals surface area contributed by atoms with E-state index >= 15 is 0 Å². The molecule has 18 heavy (non-hydrogen) atoms. The first kappa shape index (κ1) is 20.6. The van der Waals surface area contributed by atoms with Gasteiger partial charge in [0.2, 0.25) is 0 Å². The maximum Gasteiger partial charge on any atom is 0.0701 e. The lowest BCUT2D eigenvalue weighted by Crippen LogP contribution is -2.11. The first-order chi connectivity index (χ1) is 8.83. The van der Waals surface area contributed by atoms with Gasteiger partial charge in [0.1, 0.15) is 0 Å². The summed E-state index contributed by atoms with van der Waals surface area (Å²) in [5.74, 6) is 0. The summed E-state index contributed by atoms with van der Waals surface area (Å²) in [6, 6.07) is 0. The number of alkyl halides is 1. The van der Waals surface area contributed by atoms with Crippen LogP contribution in [0.4, 0.5) is 0 Å². The van der Waals surface area contributed by atoms with Gasteiger partial charge in [0.05, 0.1) is 59.5 Å². The van der Waals surface area contributed by atoms with Gasteiger partial charge in [-0.2, -0.15) is 0 Å².